The molecule has 0 atom stereocenters. The van der Waals surface area contributed by atoms with E-state index >= 15 is 0 Å². The first-order valence-corrected chi connectivity index (χ1v) is 10.0. The number of nitrogens with zero attached hydrogens (tertiary/aromatic N) is 4. The van der Waals surface area contributed by atoms with Gasteiger partial charge in [0.2, 0.25) is 4.96 Å². The van der Waals surface area contributed by atoms with Crippen LogP contribution in [0.5, 0.6) is 11.5 Å². The van der Waals surface area contributed by atoms with E-state index in [0.717, 1.165) is 10.8 Å². The molecule has 4 aromatic rings. The molecule has 150 valence electrons. The van der Waals surface area contributed by atoms with Crippen molar-refractivity contribution in [1.82, 2.24) is 19.8 Å². The Kier molecular flexibility index (Phi) is 5.19. The van der Waals surface area contributed by atoms with E-state index in [9.17, 15) is 4.39 Å². The molecule has 0 saturated carbocycles. The van der Waals surface area contributed by atoms with Crippen LogP contribution in [0.15, 0.2) is 48.5 Å². The Bertz CT molecular complexity index is 1100. The van der Waals surface area contributed by atoms with Gasteiger partial charge in [-0.3, -0.25) is 0 Å². The fourth-order valence-corrected chi connectivity index (χ4v) is 3.49. The van der Waals surface area contributed by atoms with Gasteiger partial charge >= 0.3 is 0 Å². The van der Waals surface area contributed by atoms with Crippen molar-refractivity contribution in [3.63, 3.8) is 0 Å². The van der Waals surface area contributed by atoms with Gasteiger partial charge in [-0.25, -0.2) is 4.39 Å². The molecule has 0 fully saturated rings. The van der Waals surface area contributed by atoms with Crippen molar-refractivity contribution in [2.75, 3.05) is 0 Å². The fourth-order valence-electron chi connectivity index (χ4n) is 2.72. The lowest BCUT2D eigenvalue weighted by Crippen LogP contribution is -2.10. The number of rotatable bonds is 6. The van der Waals surface area contributed by atoms with E-state index in [-0.39, 0.29) is 17.8 Å². The van der Waals surface area contributed by atoms with Crippen molar-refractivity contribution in [3.05, 3.63) is 70.7 Å². The van der Waals surface area contributed by atoms with Crippen LogP contribution in [0.2, 0.25) is 0 Å². The van der Waals surface area contributed by atoms with Crippen LogP contribution in [-0.2, 0) is 18.6 Å². The number of aromatic nitrogens is 4. The van der Waals surface area contributed by atoms with Gasteiger partial charge in [-0.05, 0) is 47.4 Å². The van der Waals surface area contributed by atoms with Crippen molar-refractivity contribution < 1.29 is 13.9 Å². The molecule has 0 aliphatic heterocycles. The number of hydrogen-bond donors (Lipinski definition) is 0. The number of benzene rings is 2. The summed E-state index contributed by atoms with van der Waals surface area (Å²) in [6.07, 6.45) is 0. The van der Waals surface area contributed by atoms with Crippen molar-refractivity contribution in [1.29, 1.82) is 0 Å². The summed E-state index contributed by atoms with van der Waals surface area (Å²) in [5.74, 6) is 1.62. The van der Waals surface area contributed by atoms with E-state index in [1.54, 1.807) is 16.6 Å². The highest BCUT2D eigenvalue weighted by atomic mass is 32.1. The summed E-state index contributed by atoms with van der Waals surface area (Å²) in [6, 6.07) is 13.9. The lowest BCUT2D eigenvalue weighted by atomic mass is 9.87. The molecular weight excluding hydrogens is 391 g/mol. The molecule has 4 rings (SSSR count). The molecule has 0 bridgehead atoms. The van der Waals surface area contributed by atoms with Gasteiger partial charge in [0.25, 0.3) is 0 Å². The molecule has 6 nitrogen and oxygen atoms in total. The number of hydrogen-bond acceptors (Lipinski definition) is 6. The SMILES string of the molecule is CC(C)(C)c1ccc(OCc2nn3c(COc4ccc(F)cc4)nnc3s2)cc1. The molecule has 0 aliphatic carbocycles. The molecule has 0 aliphatic rings. The maximum Gasteiger partial charge on any atom is 0.234 e. The molecule has 2 heterocycles. The lowest BCUT2D eigenvalue weighted by Gasteiger charge is -2.19. The molecule has 0 saturated heterocycles. The zero-order valence-corrected chi connectivity index (χ0v) is 17.2. The van der Waals surface area contributed by atoms with Crippen LogP contribution in [0.4, 0.5) is 4.39 Å². The van der Waals surface area contributed by atoms with Crippen LogP contribution in [-0.4, -0.2) is 19.8 Å². The molecule has 8 heteroatoms. The molecule has 0 N–H and O–H groups in total. The Labute approximate surface area is 171 Å². The highest BCUT2D eigenvalue weighted by Gasteiger charge is 2.14. The minimum absolute atomic E-state index is 0.110. The van der Waals surface area contributed by atoms with Crippen LogP contribution in [0.25, 0.3) is 4.96 Å². The molecule has 0 radical (unpaired) electrons. The molecule has 0 unspecified atom stereocenters. The second kappa shape index (κ2) is 7.79. The highest BCUT2D eigenvalue weighted by Crippen LogP contribution is 2.25. The Balaban J connectivity index is 1.40. The smallest absolute Gasteiger partial charge is 0.234 e. The Morgan fingerprint density at radius 3 is 2.17 bits per heavy atom. The molecule has 2 aromatic heterocycles. The van der Waals surface area contributed by atoms with E-state index in [1.807, 2.05) is 12.1 Å². The third kappa shape index (κ3) is 4.54. The zero-order chi connectivity index (χ0) is 20.4. The van der Waals surface area contributed by atoms with Crippen LogP contribution < -0.4 is 9.47 Å². The Morgan fingerprint density at radius 2 is 1.52 bits per heavy atom. The van der Waals surface area contributed by atoms with Gasteiger partial charge in [0, 0.05) is 0 Å². The highest BCUT2D eigenvalue weighted by molar-refractivity contribution is 7.16. The van der Waals surface area contributed by atoms with Gasteiger partial charge < -0.3 is 9.47 Å². The average molecular weight is 412 g/mol. The summed E-state index contributed by atoms with van der Waals surface area (Å²) in [6.45, 7) is 7.07. The third-order valence-corrected chi connectivity index (χ3v) is 5.23. The first-order chi connectivity index (χ1) is 13.9. The molecule has 0 amide bonds. The van der Waals surface area contributed by atoms with E-state index in [4.69, 9.17) is 9.47 Å². The minimum Gasteiger partial charge on any atom is -0.486 e. The normalized spacial score (nSPS) is 11.7. The summed E-state index contributed by atoms with van der Waals surface area (Å²) in [7, 11) is 0. The first-order valence-electron chi connectivity index (χ1n) is 9.20. The predicted octanol–water partition coefficient (Wildman–Crippen LogP) is 4.78. The van der Waals surface area contributed by atoms with Gasteiger partial charge in [-0.2, -0.15) is 9.61 Å². The maximum absolute atomic E-state index is 13.0. The summed E-state index contributed by atoms with van der Waals surface area (Å²) < 4.78 is 26.1. The summed E-state index contributed by atoms with van der Waals surface area (Å²) in [5, 5.41) is 13.5. The Morgan fingerprint density at radius 1 is 0.897 bits per heavy atom. The van der Waals surface area contributed by atoms with Gasteiger partial charge in [-0.1, -0.05) is 44.2 Å². The lowest BCUT2D eigenvalue weighted by molar-refractivity contribution is 0.289. The molecule has 2 aromatic carbocycles. The third-order valence-electron chi connectivity index (χ3n) is 4.36. The number of halogens is 1. The van der Waals surface area contributed by atoms with Crippen molar-refractivity contribution >= 4 is 16.3 Å². The number of fused-ring (bicyclic) bond motifs is 1. The summed E-state index contributed by atoms with van der Waals surface area (Å²) >= 11 is 1.42. The van der Waals surface area contributed by atoms with Gasteiger partial charge in [0.05, 0.1) is 0 Å². The van der Waals surface area contributed by atoms with Crippen LogP contribution in [0, 0.1) is 5.82 Å². The molecular formula is C21H21FN4O2S. The van der Waals surface area contributed by atoms with E-state index in [2.05, 4.69) is 48.2 Å². The second-order valence-electron chi connectivity index (χ2n) is 7.61. The second-order valence-corrected chi connectivity index (χ2v) is 8.65. The zero-order valence-electron chi connectivity index (χ0n) is 16.4. The van der Waals surface area contributed by atoms with Crippen LogP contribution >= 0.6 is 11.3 Å². The van der Waals surface area contributed by atoms with Crippen molar-refractivity contribution in [2.24, 2.45) is 0 Å². The maximum atomic E-state index is 13.0. The van der Waals surface area contributed by atoms with E-state index in [0.29, 0.717) is 23.1 Å². The Hall–Kier alpha value is -3.00. The van der Waals surface area contributed by atoms with E-state index in [1.165, 1.54) is 29.0 Å². The standard InChI is InChI=1S/C21H21FN4O2S/c1-21(2,3)14-4-8-16(9-5-14)28-13-19-25-26-18(23-24-20(26)29-19)12-27-17-10-6-15(22)7-11-17/h4-11H,12-13H2,1-3H3. The van der Waals surface area contributed by atoms with Crippen molar-refractivity contribution in [2.45, 2.75) is 39.4 Å². The van der Waals surface area contributed by atoms with Crippen molar-refractivity contribution in [3.8, 4) is 11.5 Å². The quantitative estimate of drug-likeness (QED) is 0.456. The predicted molar refractivity (Wildman–Crippen MR) is 109 cm³/mol. The fraction of sp³-hybridized carbons (Fsp3) is 0.286. The average Bonchev–Trinajstić information content (AvgIpc) is 3.26. The topological polar surface area (TPSA) is 61.5 Å². The van der Waals surface area contributed by atoms with E-state index < -0.39 is 0 Å². The molecule has 29 heavy (non-hydrogen) atoms. The van der Waals surface area contributed by atoms with Crippen LogP contribution in [0.1, 0.15) is 37.2 Å². The minimum atomic E-state index is -0.306. The largest absolute Gasteiger partial charge is 0.486 e. The monoisotopic (exact) mass is 412 g/mol. The molecule has 0 spiro atoms. The number of ether oxygens (including phenoxy) is 2. The van der Waals surface area contributed by atoms with Gasteiger partial charge in [0.15, 0.2) is 10.8 Å². The first kappa shape index (κ1) is 19.3. The summed E-state index contributed by atoms with van der Waals surface area (Å²) in [5.41, 5.74) is 1.37. The van der Waals surface area contributed by atoms with Gasteiger partial charge in [-0.15, -0.1) is 10.2 Å². The van der Waals surface area contributed by atoms with Gasteiger partial charge in [0.1, 0.15) is 30.5 Å². The summed E-state index contributed by atoms with van der Waals surface area (Å²) in [4.78, 5) is 0.671. The van der Waals surface area contributed by atoms with Crippen LogP contribution in [0.3, 0.4) is 0 Å².